The second-order valence-electron chi connectivity index (χ2n) is 6.41. The molecule has 3 aromatic carbocycles. The number of aromatic nitrogens is 1. The van der Waals surface area contributed by atoms with Gasteiger partial charge in [-0.25, -0.2) is 0 Å². The molecule has 1 heterocycles. The summed E-state index contributed by atoms with van der Waals surface area (Å²) in [6.07, 6.45) is 0. The van der Waals surface area contributed by atoms with Crippen molar-refractivity contribution in [3.8, 4) is 17.1 Å². The number of aryl methyl sites for hydroxylation is 1. The number of benzene rings is 3. The summed E-state index contributed by atoms with van der Waals surface area (Å²) in [5.74, 6) is 0.882. The zero-order valence-electron chi connectivity index (χ0n) is 15.3. The maximum absolute atomic E-state index is 12.8. The second-order valence-corrected chi connectivity index (χ2v) is 6.84. The fourth-order valence-electron chi connectivity index (χ4n) is 2.97. The van der Waals surface area contributed by atoms with E-state index < -0.39 is 0 Å². The molecule has 140 valence electrons. The average molecular weight is 393 g/mol. The van der Waals surface area contributed by atoms with E-state index in [1.165, 1.54) is 7.11 Å². The summed E-state index contributed by atoms with van der Waals surface area (Å²) in [4.78, 5) is 12.8. The van der Waals surface area contributed by atoms with Crippen molar-refractivity contribution in [1.29, 1.82) is 0 Å². The number of ether oxygens (including phenoxy) is 1. The molecule has 4 aromatic rings. The largest absolute Gasteiger partial charge is 0.495 e. The van der Waals surface area contributed by atoms with Crippen LogP contribution in [0.3, 0.4) is 0 Å². The molecule has 0 fully saturated rings. The minimum absolute atomic E-state index is 0.279. The zero-order valence-corrected chi connectivity index (χ0v) is 16.1. The fourth-order valence-corrected chi connectivity index (χ4v) is 3.14. The van der Waals surface area contributed by atoms with Gasteiger partial charge in [0.05, 0.1) is 18.2 Å². The first-order chi connectivity index (χ1) is 13.5. The average Bonchev–Trinajstić information content (AvgIpc) is 3.12. The molecule has 0 aliphatic rings. The Morgan fingerprint density at radius 3 is 2.61 bits per heavy atom. The van der Waals surface area contributed by atoms with Crippen LogP contribution in [-0.4, -0.2) is 18.2 Å². The van der Waals surface area contributed by atoms with E-state index >= 15 is 0 Å². The maximum Gasteiger partial charge on any atom is 0.255 e. The number of rotatable bonds is 4. The molecule has 1 amide bonds. The highest BCUT2D eigenvalue weighted by Crippen LogP contribution is 2.31. The lowest BCUT2D eigenvalue weighted by atomic mass is 10.0. The highest BCUT2D eigenvalue weighted by Gasteiger charge is 2.15. The molecule has 0 atom stereocenters. The van der Waals surface area contributed by atoms with Crippen molar-refractivity contribution in [3.63, 3.8) is 0 Å². The van der Waals surface area contributed by atoms with Gasteiger partial charge in [0.1, 0.15) is 11.3 Å². The topological polar surface area (TPSA) is 64.4 Å². The van der Waals surface area contributed by atoms with Crippen LogP contribution in [0.25, 0.3) is 22.2 Å². The van der Waals surface area contributed by atoms with Crippen LogP contribution in [0.1, 0.15) is 15.9 Å². The van der Waals surface area contributed by atoms with E-state index in [2.05, 4.69) is 10.5 Å². The monoisotopic (exact) mass is 392 g/mol. The molecule has 1 N–H and O–H groups in total. The van der Waals surface area contributed by atoms with Crippen molar-refractivity contribution in [2.45, 2.75) is 6.92 Å². The lowest BCUT2D eigenvalue weighted by Gasteiger charge is -2.10. The van der Waals surface area contributed by atoms with Crippen LogP contribution >= 0.6 is 11.6 Å². The van der Waals surface area contributed by atoms with Crippen molar-refractivity contribution in [2.24, 2.45) is 0 Å². The van der Waals surface area contributed by atoms with Gasteiger partial charge >= 0.3 is 0 Å². The first-order valence-electron chi connectivity index (χ1n) is 8.66. The van der Waals surface area contributed by atoms with E-state index in [1.54, 1.807) is 36.4 Å². The highest BCUT2D eigenvalue weighted by atomic mass is 35.5. The molecule has 0 aliphatic carbocycles. The Morgan fingerprint density at radius 1 is 1.07 bits per heavy atom. The van der Waals surface area contributed by atoms with Crippen LogP contribution in [0.15, 0.2) is 65.2 Å². The fraction of sp³-hybridized carbons (Fsp3) is 0.0909. The van der Waals surface area contributed by atoms with Crippen molar-refractivity contribution in [1.82, 2.24) is 5.16 Å². The molecule has 28 heavy (non-hydrogen) atoms. The van der Waals surface area contributed by atoms with Crippen LogP contribution in [-0.2, 0) is 0 Å². The third-order valence-electron chi connectivity index (χ3n) is 4.46. The van der Waals surface area contributed by atoms with E-state index in [0.29, 0.717) is 33.3 Å². The van der Waals surface area contributed by atoms with E-state index in [0.717, 1.165) is 16.5 Å². The first-order valence-corrected chi connectivity index (χ1v) is 9.04. The molecule has 0 aliphatic heterocycles. The smallest absolute Gasteiger partial charge is 0.255 e. The van der Waals surface area contributed by atoms with Gasteiger partial charge in [0.25, 0.3) is 5.91 Å². The maximum atomic E-state index is 12.8. The summed E-state index contributed by atoms with van der Waals surface area (Å²) in [5, 5.41) is 8.22. The van der Waals surface area contributed by atoms with E-state index in [9.17, 15) is 4.79 Å². The number of hydrogen-bond donors (Lipinski definition) is 1. The highest BCUT2D eigenvalue weighted by molar-refractivity contribution is 6.31. The van der Waals surface area contributed by atoms with Gasteiger partial charge in [-0.15, -0.1) is 0 Å². The number of carbonyl (C=O) groups is 1. The predicted molar refractivity (Wildman–Crippen MR) is 110 cm³/mol. The van der Waals surface area contributed by atoms with Gasteiger partial charge in [-0.3, -0.25) is 4.79 Å². The Labute approximate surface area is 166 Å². The number of hydrogen-bond acceptors (Lipinski definition) is 4. The van der Waals surface area contributed by atoms with Crippen molar-refractivity contribution in [2.75, 3.05) is 12.4 Å². The molecular formula is C22H17ClN2O3. The Kier molecular flexibility index (Phi) is 4.75. The zero-order chi connectivity index (χ0) is 19.7. The van der Waals surface area contributed by atoms with E-state index in [-0.39, 0.29) is 5.91 Å². The Balaban J connectivity index is 1.69. The second kappa shape index (κ2) is 7.37. The number of halogens is 1. The van der Waals surface area contributed by atoms with Crippen LogP contribution in [0.4, 0.5) is 5.69 Å². The quantitative estimate of drug-likeness (QED) is 0.482. The van der Waals surface area contributed by atoms with Gasteiger partial charge in [-0.2, -0.15) is 0 Å². The van der Waals surface area contributed by atoms with Gasteiger partial charge in [0.2, 0.25) is 0 Å². The Morgan fingerprint density at radius 2 is 1.86 bits per heavy atom. The Hall–Kier alpha value is -3.31. The molecule has 0 bridgehead atoms. The lowest BCUT2D eigenvalue weighted by molar-refractivity contribution is 0.102. The van der Waals surface area contributed by atoms with Crippen molar-refractivity contribution in [3.05, 3.63) is 76.8 Å². The molecular weight excluding hydrogens is 376 g/mol. The lowest BCUT2D eigenvalue weighted by Crippen LogP contribution is -2.12. The number of nitrogens with zero attached hydrogens (tertiary/aromatic N) is 1. The molecule has 1 aromatic heterocycles. The molecule has 6 heteroatoms. The SMILES string of the molecule is COc1ccc(Cl)cc1NC(=O)c1ccc2noc(-c3ccc(C)cc3)c2c1. The van der Waals surface area contributed by atoms with Gasteiger partial charge < -0.3 is 14.6 Å². The number of amides is 1. The summed E-state index contributed by atoms with van der Waals surface area (Å²) in [7, 11) is 1.54. The molecule has 0 unspecified atom stereocenters. The van der Waals surface area contributed by atoms with Gasteiger partial charge in [0, 0.05) is 16.1 Å². The summed E-state index contributed by atoms with van der Waals surface area (Å²) < 4.78 is 10.8. The van der Waals surface area contributed by atoms with Gasteiger partial charge in [-0.1, -0.05) is 46.6 Å². The summed E-state index contributed by atoms with van der Waals surface area (Å²) in [6.45, 7) is 2.02. The third-order valence-corrected chi connectivity index (χ3v) is 4.70. The molecule has 0 radical (unpaired) electrons. The summed E-state index contributed by atoms with van der Waals surface area (Å²) in [5.41, 5.74) is 3.73. The van der Waals surface area contributed by atoms with Crippen LogP contribution in [0.5, 0.6) is 5.75 Å². The minimum Gasteiger partial charge on any atom is -0.495 e. The van der Waals surface area contributed by atoms with Crippen molar-refractivity contribution >= 4 is 34.1 Å². The standard InChI is InChI=1S/C22H17ClN2O3/c1-13-3-5-14(6-4-13)21-17-11-15(7-9-18(17)25-28-21)22(26)24-19-12-16(23)8-10-20(19)27-2/h3-12H,1-2H3,(H,24,26). The predicted octanol–water partition coefficient (Wildman–Crippen LogP) is 5.72. The summed E-state index contributed by atoms with van der Waals surface area (Å²) >= 11 is 6.04. The van der Waals surface area contributed by atoms with Gasteiger partial charge in [0.15, 0.2) is 5.76 Å². The normalized spacial score (nSPS) is 10.8. The Bertz CT molecular complexity index is 1170. The van der Waals surface area contributed by atoms with Crippen LogP contribution in [0, 0.1) is 6.92 Å². The van der Waals surface area contributed by atoms with Crippen molar-refractivity contribution < 1.29 is 14.1 Å². The van der Waals surface area contributed by atoms with Crippen LogP contribution in [0.2, 0.25) is 5.02 Å². The summed E-state index contributed by atoms with van der Waals surface area (Å²) in [6, 6.07) is 18.2. The first kappa shape index (κ1) is 18.1. The number of methoxy groups -OCH3 is 1. The van der Waals surface area contributed by atoms with Crippen LogP contribution < -0.4 is 10.1 Å². The third kappa shape index (κ3) is 3.44. The van der Waals surface area contributed by atoms with Gasteiger partial charge in [-0.05, 0) is 43.3 Å². The minimum atomic E-state index is -0.279. The molecule has 5 nitrogen and oxygen atoms in total. The number of anilines is 1. The number of fused-ring (bicyclic) bond motifs is 1. The molecule has 0 saturated carbocycles. The van der Waals surface area contributed by atoms with E-state index in [1.807, 2.05) is 31.2 Å². The van der Waals surface area contributed by atoms with E-state index in [4.69, 9.17) is 20.9 Å². The molecule has 0 saturated heterocycles. The number of carbonyl (C=O) groups excluding carboxylic acids is 1. The molecule has 0 spiro atoms. The number of nitrogens with one attached hydrogen (secondary N) is 1. The molecule has 4 rings (SSSR count).